The molecule has 2 unspecified atom stereocenters. The van der Waals surface area contributed by atoms with Crippen LogP contribution in [0, 0.1) is 22.7 Å². The number of carbonyl (C=O) groups excluding carboxylic acids is 2. The third-order valence-corrected chi connectivity index (χ3v) is 9.00. The molecule has 4 bridgehead atoms. The van der Waals surface area contributed by atoms with Crippen LogP contribution in [0.1, 0.15) is 47.5 Å². The summed E-state index contributed by atoms with van der Waals surface area (Å²) < 4.78 is 17.8. The summed E-state index contributed by atoms with van der Waals surface area (Å²) in [7, 11) is 0. The number of carbonyl (C=O) groups is 2. The molecule has 5 aliphatic rings. The summed E-state index contributed by atoms with van der Waals surface area (Å²) in [4.78, 5) is 26.6. The van der Waals surface area contributed by atoms with Gasteiger partial charge in [0.1, 0.15) is 23.6 Å². The number of ether oxygens (including phenoxy) is 3. The summed E-state index contributed by atoms with van der Waals surface area (Å²) >= 11 is 0. The van der Waals surface area contributed by atoms with E-state index in [9.17, 15) is 24.9 Å². The van der Waals surface area contributed by atoms with Crippen molar-refractivity contribution in [3.63, 3.8) is 0 Å². The second kappa shape index (κ2) is 8.94. The Hall–Kier alpha value is -2.26. The van der Waals surface area contributed by atoms with Crippen molar-refractivity contribution in [1.29, 1.82) is 0 Å². The number of aliphatic hydroxyl groups excluding tert-OH is 2. The number of allylic oxidation sites excluding steroid dienone is 1. The Balaban J connectivity index is 1.73. The molecule has 3 aliphatic heterocycles. The van der Waals surface area contributed by atoms with Gasteiger partial charge in [0, 0.05) is 29.6 Å². The predicted octanol–water partition coefficient (Wildman–Crippen LogP) is 2.43. The van der Waals surface area contributed by atoms with Gasteiger partial charge in [0.15, 0.2) is 24.1 Å². The number of rotatable bonds is 8. The van der Waals surface area contributed by atoms with Crippen LogP contribution < -0.4 is 4.74 Å². The van der Waals surface area contributed by atoms with Crippen molar-refractivity contribution >= 4 is 11.8 Å². The molecular formula is C28H38O8. The average molecular weight is 503 g/mol. The minimum atomic E-state index is -2.14. The Bertz CT molecular complexity index is 1020. The number of hydrogen-bond donors (Lipinski definition) is 3. The molecule has 36 heavy (non-hydrogen) atoms. The number of Topliss-reactive ketones (excluding diaryl/α,β-unsaturated/α-hetero) is 1. The highest BCUT2D eigenvalue weighted by molar-refractivity contribution is 5.90. The van der Waals surface area contributed by atoms with Crippen molar-refractivity contribution in [2.45, 2.75) is 83.1 Å². The summed E-state index contributed by atoms with van der Waals surface area (Å²) in [6.45, 7) is 12.1. The van der Waals surface area contributed by atoms with Crippen molar-refractivity contribution in [2.24, 2.45) is 22.7 Å². The molecule has 1 aromatic rings. The number of aliphatic hydroxyl groups is 3. The zero-order valence-corrected chi connectivity index (χ0v) is 21.6. The van der Waals surface area contributed by atoms with Gasteiger partial charge in [-0.15, -0.1) is 6.58 Å². The van der Waals surface area contributed by atoms with Crippen LogP contribution in [0.3, 0.4) is 0 Å². The second-order valence-electron chi connectivity index (χ2n) is 11.7. The molecule has 2 aliphatic carbocycles. The van der Waals surface area contributed by atoms with Gasteiger partial charge >= 0.3 is 5.97 Å². The lowest BCUT2D eigenvalue weighted by Gasteiger charge is -2.64. The van der Waals surface area contributed by atoms with E-state index in [1.54, 1.807) is 44.2 Å². The highest BCUT2D eigenvalue weighted by atomic mass is 16.6. The third kappa shape index (κ3) is 3.64. The molecular weight excluding hydrogens is 464 g/mol. The first-order valence-corrected chi connectivity index (χ1v) is 12.5. The third-order valence-electron chi connectivity index (χ3n) is 9.00. The van der Waals surface area contributed by atoms with Gasteiger partial charge in [0.05, 0.1) is 6.10 Å². The number of fused-ring (bicyclic) bond motifs is 2. The van der Waals surface area contributed by atoms with Gasteiger partial charge in [-0.3, -0.25) is 4.79 Å². The lowest BCUT2D eigenvalue weighted by Crippen LogP contribution is -2.78. The van der Waals surface area contributed by atoms with Gasteiger partial charge in [0.25, 0.3) is 0 Å². The zero-order chi connectivity index (χ0) is 26.7. The zero-order valence-electron chi connectivity index (χ0n) is 21.6. The minimum Gasteiger partial charge on any atom is -0.482 e. The Morgan fingerprint density at radius 1 is 1.19 bits per heavy atom. The summed E-state index contributed by atoms with van der Waals surface area (Å²) in [5, 5.41) is 35.3. The van der Waals surface area contributed by atoms with E-state index in [2.05, 4.69) is 6.58 Å². The highest BCUT2D eigenvalue weighted by Crippen LogP contribution is 2.69. The molecule has 6 rings (SSSR count). The molecule has 1 aromatic carbocycles. The Labute approximate surface area is 212 Å². The lowest BCUT2D eigenvalue weighted by atomic mass is 9.41. The van der Waals surface area contributed by atoms with Gasteiger partial charge in [-0.1, -0.05) is 52.0 Å². The van der Waals surface area contributed by atoms with Crippen molar-refractivity contribution < 1.29 is 39.1 Å². The van der Waals surface area contributed by atoms with E-state index >= 15 is 0 Å². The van der Waals surface area contributed by atoms with E-state index in [0.717, 1.165) is 0 Å². The first-order chi connectivity index (χ1) is 16.7. The van der Waals surface area contributed by atoms with E-state index in [0.29, 0.717) is 5.75 Å². The fraction of sp³-hybridized carbons (Fsp3) is 0.643. The SMILES string of the molecule is C=C[C@@H](C)CC(=O)[C@@]1(O)[C@@]2(C)[C@H](O)C(OC(=O)COc3ccccc3)C3O[C@]1(C)C[C@H](O)[C@H]2C3(C)C. The molecule has 5 fully saturated rings. The minimum absolute atomic E-state index is 0.00238. The fourth-order valence-corrected chi connectivity index (χ4v) is 7.36. The van der Waals surface area contributed by atoms with Crippen molar-refractivity contribution in [2.75, 3.05) is 6.61 Å². The molecule has 3 N–H and O–H groups in total. The number of ketones is 1. The van der Waals surface area contributed by atoms with Crippen LogP contribution in [0.4, 0.5) is 0 Å². The van der Waals surface area contributed by atoms with Gasteiger partial charge in [0.2, 0.25) is 0 Å². The smallest absolute Gasteiger partial charge is 0.344 e. The molecule has 0 radical (unpaired) electrons. The monoisotopic (exact) mass is 502 g/mol. The average Bonchev–Trinajstić information content (AvgIpc) is 2.94. The van der Waals surface area contributed by atoms with E-state index in [4.69, 9.17) is 14.2 Å². The number of esters is 1. The maximum Gasteiger partial charge on any atom is 0.344 e. The van der Waals surface area contributed by atoms with E-state index in [-0.39, 0.29) is 25.4 Å². The summed E-state index contributed by atoms with van der Waals surface area (Å²) in [5.41, 5.74) is -6.09. The molecule has 3 saturated heterocycles. The number of hydrogen-bond acceptors (Lipinski definition) is 8. The number of benzene rings is 1. The van der Waals surface area contributed by atoms with Crippen molar-refractivity contribution in [1.82, 2.24) is 0 Å². The quantitative estimate of drug-likeness (QED) is 0.366. The van der Waals surface area contributed by atoms with Gasteiger partial charge in [-0.2, -0.15) is 0 Å². The van der Waals surface area contributed by atoms with Crippen LogP contribution in [0.15, 0.2) is 43.0 Å². The molecule has 0 spiro atoms. The summed E-state index contributed by atoms with van der Waals surface area (Å²) in [6, 6.07) is 8.79. The molecule has 2 saturated carbocycles. The lowest BCUT2D eigenvalue weighted by molar-refractivity contribution is -0.276. The second-order valence-corrected chi connectivity index (χ2v) is 11.7. The van der Waals surface area contributed by atoms with E-state index in [1.165, 1.54) is 0 Å². The van der Waals surface area contributed by atoms with Crippen LogP contribution in [-0.4, -0.2) is 69.3 Å². The first kappa shape index (κ1) is 26.8. The standard InChI is InChI=1S/C28H38O8/c1-7-16(2)13-19(30)28(33)26(5)14-18(29)22-25(3,4)24(36-26)21(23(32)27(22,28)6)35-20(31)15-34-17-11-9-8-10-12-17/h7-12,16,18,21-24,29,32-33H,1,13-15H2,2-6H3/t16-,18+,21?,22+,23-,24?,26-,27-,28+/m1/s1. The molecule has 3 heterocycles. The van der Waals surface area contributed by atoms with E-state index in [1.807, 2.05) is 26.8 Å². The highest BCUT2D eigenvalue weighted by Gasteiger charge is 2.82. The maximum absolute atomic E-state index is 13.8. The molecule has 8 heteroatoms. The Morgan fingerprint density at radius 3 is 2.44 bits per heavy atom. The molecule has 0 aromatic heterocycles. The summed E-state index contributed by atoms with van der Waals surface area (Å²) in [6.07, 6.45) is -2.87. The predicted molar refractivity (Wildman–Crippen MR) is 131 cm³/mol. The first-order valence-electron chi connectivity index (χ1n) is 12.5. The van der Waals surface area contributed by atoms with Gasteiger partial charge < -0.3 is 29.5 Å². The van der Waals surface area contributed by atoms with Gasteiger partial charge in [-0.25, -0.2) is 4.79 Å². The Kier molecular flexibility index (Phi) is 6.65. The Morgan fingerprint density at radius 2 is 1.83 bits per heavy atom. The summed E-state index contributed by atoms with van der Waals surface area (Å²) in [5.74, 6) is -1.64. The van der Waals surface area contributed by atoms with Crippen LogP contribution in [0.5, 0.6) is 5.75 Å². The van der Waals surface area contributed by atoms with Crippen LogP contribution in [0.25, 0.3) is 0 Å². The fourth-order valence-electron chi connectivity index (χ4n) is 7.36. The molecule has 198 valence electrons. The largest absolute Gasteiger partial charge is 0.482 e. The van der Waals surface area contributed by atoms with Crippen LogP contribution in [0.2, 0.25) is 0 Å². The number of para-hydroxylation sites is 1. The van der Waals surface area contributed by atoms with Crippen LogP contribution in [-0.2, 0) is 19.1 Å². The normalized spacial score (nSPS) is 41.3. The molecule has 9 atom stereocenters. The molecule has 0 amide bonds. The maximum atomic E-state index is 13.8. The van der Waals surface area contributed by atoms with Gasteiger partial charge in [-0.05, 0) is 25.0 Å². The topological polar surface area (TPSA) is 123 Å². The van der Waals surface area contributed by atoms with E-state index < -0.39 is 64.1 Å². The molecule has 8 nitrogen and oxygen atoms in total. The van der Waals surface area contributed by atoms with Crippen molar-refractivity contribution in [3.8, 4) is 5.75 Å². The van der Waals surface area contributed by atoms with Crippen molar-refractivity contribution in [3.05, 3.63) is 43.0 Å². The van der Waals surface area contributed by atoms with Crippen LogP contribution >= 0.6 is 0 Å².